The highest BCUT2D eigenvalue weighted by Gasteiger charge is 2.13. The minimum Gasteiger partial charge on any atom is -0.266 e. The normalized spacial score (nSPS) is 11.3. The standard InChI is InChI=1S/C17H22O3S/c1-3-4-5-6-7-8-9-10-15-20-21(18,19)17-13-11-16(2)12-14-17/h4-5,11-14H,3,8-10,15H2,1-2H3/b5-4-. The molecule has 0 aromatic heterocycles. The summed E-state index contributed by atoms with van der Waals surface area (Å²) in [4.78, 5) is 0.206. The van der Waals surface area contributed by atoms with Crippen molar-refractivity contribution in [2.24, 2.45) is 0 Å². The van der Waals surface area contributed by atoms with Gasteiger partial charge >= 0.3 is 0 Å². The summed E-state index contributed by atoms with van der Waals surface area (Å²) < 4.78 is 28.8. The van der Waals surface area contributed by atoms with Crippen LogP contribution in [0.25, 0.3) is 0 Å². The quantitative estimate of drug-likeness (QED) is 0.437. The van der Waals surface area contributed by atoms with Gasteiger partial charge in [0.05, 0.1) is 11.5 Å². The molecule has 0 saturated carbocycles. The molecule has 0 saturated heterocycles. The molecule has 1 rings (SSSR count). The number of hydrogen-bond acceptors (Lipinski definition) is 3. The maximum atomic E-state index is 11.9. The molecule has 1 aromatic carbocycles. The van der Waals surface area contributed by atoms with Gasteiger partial charge in [-0.2, -0.15) is 8.42 Å². The maximum absolute atomic E-state index is 11.9. The van der Waals surface area contributed by atoms with Crippen LogP contribution >= 0.6 is 0 Å². The van der Waals surface area contributed by atoms with Gasteiger partial charge in [0, 0.05) is 6.42 Å². The van der Waals surface area contributed by atoms with E-state index in [1.54, 1.807) is 24.3 Å². The van der Waals surface area contributed by atoms with E-state index in [4.69, 9.17) is 4.18 Å². The van der Waals surface area contributed by atoms with Gasteiger partial charge in [0.25, 0.3) is 10.1 Å². The van der Waals surface area contributed by atoms with Gasteiger partial charge in [0.15, 0.2) is 0 Å². The number of hydrogen-bond donors (Lipinski definition) is 0. The SMILES string of the molecule is CC/C=C\C#CCCCCOS(=O)(=O)c1ccc(C)cc1. The highest BCUT2D eigenvalue weighted by molar-refractivity contribution is 7.86. The van der Waals surface area contributed by atoms with Gasteiger partial charge in [-0.1, -0.05) is 42.5 Å². The van der Waals surface area contributed by atoms with Gasteiger partial charge in [-0.3, -0.25) is 4.18 Å². The highest BCUT2D eigenvalue weighted by atomic mass is 32.2. The topological polar surface area (TPSA) is 43.4 Å². The Kier molecular flexibility index (Phi) is 7.81. The molecule has 0 aliphatic rings. The van der Waals surface area contributed by atoms with Crippen molar-refractivity contribution in [2.45, 2.75) is 44.4 Å². The number of benzene rings is 1. The fourth-order valence-electron chi connectivity index (χ4n) is 1.56. The molecule has 0 aliphatic carbocycles. The first-order valence-corrected chi connectivity index (χ1v) is 8.56. The van der Waals surface area contributed by atoms with Gasteiger partial charge in [-0.15, -0.1) is 0 Å². The minimum atomic E-state index is -3.63. The number of allylic oxidation sites excluding steroid dienone is 2. The summed E-state index contributed by atoms with van der Waals surface area (Å²) in [5.74, 6) is 5.95. The molecule has 3 nitrogen and oxygen atoms in total. The van der Waals surface area contributed by atoms with Gasteiger partial charge in [-0.25, -0.2) is 0 Å². The lowest BCUT2D eigenvalue weighted by Crippen LogP contribution is -2.07. The van der Waals surface area contributed by atoms with Crippen LogP contribution in [0.3, 0.4) is 0 Å². The average molecular weight is 306 g/mol. The van der Waals surface area contributed by atoms with Crippen LogP contribution in [0.4, 0.5) is 0 Å². The largest absolute Gasteiger partial charge is 0.296 e. The van der Waals surface area contributed by atoms with Crippen LogP contribution in [-0.4, -0.2) is 15.0 Å². The first kappa shape index (κ1) is 17.5. The number of aryl methyl sites for hydroxylation is 1. The van der Waals surface area contributed by atoms with Crippen LogP contribution in [0.15, 0.2) is 41.3 Å². The molecule has 0 amide bonds. The third-order valence-corrected chi connectivity index (χ3v) is 4.11. The Morgan fingerprint density at radius 2 is 1.90 bits per heavy atom. The zero-order valence-electron chi connectivity index (χ0n) is 12.6. The molecule has 0 aliphatic heterocycles. The predicted molar refractivity (Wildman–Crippen MR) is 85.4 cm³/mol. The predicted octanol–water partition coefficient (Wildman–Crippen LogP) is 3.84. The monoisotopic (exact) mass is 306 g/mol. The molecule has 0 unspecified atom stereocenters. The van der Waals surface area contributed by atoms with Crippen molar-refractivity contribution in [3.05, 3.63) is 42.0 Å². The second-order valence-electron chi connectivity index (χ2n) is 4.68. The van der Waals surface area contributed by atoms with Crippen molar-refractivity contribution in [3.8, 4) is 11.8 Å². The first-order chi connectivity index (χ1) is 10.1. The zero-order valence-corrected chi connectivity index (χ0v) is 13.4. The van der Waals surface area contributed by atoms with E-state index in [-0.39, 0.29) is 11.5 Å². The van der Waals surface area contributed by atoms with Gasteiger partial charge in [0.1, 0.15) is 0 Å². The summed E-state index contributed by atoms with van der Waals surface area (Å²) in [6.45, 7) is 4.17. The molecule has 0 fully saturated rings. The molecule has 1 aromatic rings. The molecular weight excluding hydrogens is 284 g/mol. The average Bonchev–Trinajstić information content (AvgIpc) is 2.46. The first-order valence-electron chi connectivity index (χ1n) is 7.16. The summed E-state index contributed by atoms with van der Waals surface area (Å²) in [6, 6.07) is 6.65. The fourth-order valence-corrected chi connectivity index (χ4v) is 2.51. The molecule has 0 N–H and O–H groups in total. The van der Waals surface area contributed by atoms with Crippen molar-refractivity contribution in [3.63, 3.8) is 0 Å². The van der Waals surface area contributed by atoms with Crippen molar-refractivity contribution in [1.82, 2.24) is 0 Å². The summed E-state index contributed by atoms with van der Waals surface area (Å²) >= 11 is 0. The van der Waals surface area contributed by atoms with Crippen LogP contribution < -0.4 is 0 Å². The van der Waals surface area contributed by atoms with Crippen LogP contribution in [-0.2, 0) is 14.3 Å². The van der Waals surface area contributed by atoms with Crippen molar-refractivity contribution >= 4 is 10.1 Å². The second-order valence-corrected chi connectivity index (χ2v) is 6.29. The van der Waals surface area contributed by atoms with Crippen molar-refractivity contribution in [2.75, 3.05) is 6.61 Å². The summed E-state index contributed by atoms with van der Waals surface area (Å²) in [6.07, 6.45) is 7.09. The molecule has 0 bridgehead atoms. The maximum Gasteiger partial charge on any atom is 0.296 e. The van der Waals surface area contributed by atoms with Gasteiger partial charge < -0.3 is 0 Å². The fraction of sp³-hybridized carbons (Fsp3) is 0.412. The van der Waals surface area contributed by atoms with E-state index >= 15 is 0 Å². The summed E-state index contributed by atoms with van der Waals surface area (Å²) in [7, 11) is -3.63. The molecule has 0 spiro atoms. The molecule has 4 heteroatoms. The number of rotatable bonds is 7. The van der Waals surface area contributed by atoms with Crippen LogP contribution in [0.1, 0.15) is 38.2 Å². The Bertz CT molecular complexity index is 602. The van der Waals surface area contributed by atoms with E-state index in [2.05, 4.69) is 18.8 Å². The Hall–Kier alpha value is -1.57. The molecule has 114 valence electrons. The van der Waals surface area contributed by atoms with E-state index in [9.17, 15) is 8.42 Å². The van der Waals surface area contributed by atoms with E-state index in [1.165, 1.54) is 0 Å². The molecule has 0 radical (unpaired) electrons. The summed E-state index contributed by atoms with van der Waals surface area (Å²) in [5, 5.41) is 0. The molecule has 0 heterocycles. The lowest BCUT2D eigenvalue weighted by atomic mass is 10.2. The second kappa shape index (κ2) is 9.38. The van der Waals surface area contributed by atoms with E-state index in [0.717, 1.165) is 24.8 Å². The van der Waals surface area contributed by atoms with E-state index < -0.39 is 10.1 Å². The Morgan fingerprint density at radius 3 is 2.57 bits per heavy atom. The Balaban J connectivity index is 2.30. The summed E-state index contributed by atoms with van der Waals surface area (Å²) in [5.41, 5.74) is 1.02. The smallest absolute Gasteiger partial charge is 0.266 e. The van der Waals surface area contributed by atoms with Crippen LogP contribution in [0, 0.1) is 18.8 Å². The molecule has 21 heavy (non-hydrogen) atoms. The lowest BCUT2D eigenvalue weighted by Gasteiger charge is -2.05. The van der Waals surface area contributed by atoms with Crippen LogP contribution in [0.5, 0.6) is 0 Å². The van der Waals surface area contributed by atoms with Gasteiger partial charge in [0.2, 0.25) is 0 Å². The molecular formula is C17H22O3S. The molecule has 0 atom stereocenters. The zero-order chi connectivity index (χ0) is 15.6. The van der Waals surface area contributed by atoms with E-state index in [0.29, 0.717) is 6.42 Å². The Labute approximate surface area is 128 Å². The van der Waals surface area contributed by atoms with Crippen molar-refractivity contribution in [1.29, 1.82) is 0 Å². The Morgan fingerprint density at radius 1 is 1.19 bits per heavy atom. The minimum absolute atomic E-state index is 0.197. The third-order valence-electron chi connectivity index (χ3n) is 2.78. The lowest BCUT2D eigenvalue weighted by molar-refractivity contribution is 0.309. The third kappa shape index (κ3) is 7.12. The highest BCUT2D eigenvalue weighted by Crippen LogP contribution is 2.13. The van der Waals surface area contributed by atoms with Crippen LogP contribution in [0.2, 0.25) is 0 Å². The van der Waals surface area contributed by atoms with Gasteiger partial charge in [-0.05, 0) is 44.4 Å². The number of unbranched alkanes of at least 4 members (excludes halogenated alkanes) is 2. The van der Waals surface area contributed by atoms with Crippen molar-refractivity contribution < 1.29 is 12.6 Å². The van der Waals surface area contributed by atoms with E-state index in [1.807, 2.05) is 19.1 Å².